The van der Waals surface area contributed by atoms with Crippen molar-refractivity contribution in [3.05, 3.63) is 54.1 Å². The van der Waals surface area contributed by atoms with E-state index in [1.54, 1.807) is 7.11 Å². The number of carbonyl (C=O) groups excluding carboxylic acids is 1. The van der Waals surface area contributed by atoms with Crippen molar-refractivity contribution < 1.29 is 9.53 Å². The van der Waals surface area contributed by atoms with E-state index in [1.807, 2.05) is 61.5 Å². The fourth-order valence-corrected chi connectivity index (χ4v) is 4.45. The molecule has 0 unspecified atom stereocenters. The number of benzene rings is 2. The summed E-state index contributed by atoms with van der Waals surface area (Å²) in [4.78, 5) is 23.9. The molecule has 174 valence electrons. The maximum absolute atomic E-state index is 12.4. The Morgan fingerprint density at radius 2 is 1.85 bits per heavy atom. The molecule has 4 rings (SSSR count). The Balaban J connectivity index is 1.26. The molecule has 2 aromatic carbocycles. The van der Waals surface area contributed by atoms with Gasteiger partial charge in [0.1, 0.15) is 11.6 Å². The van der Waals surface area contributed by atoms with Gasteiger partial charge in [-0.1, -0.05) is 24.3 Å². The summed E-state index contributed by atoms with van der Waals surface area (Å²) in [5, 5.41) is 7.72. The normalized spacial score (nSPS) is 18.0. The second kappa shape index (κ2) is 10.5. The first kappa shape index (κ1) is 22.8. The van der Waals surface area contributed by atoms with E-state index in [-0.39, 0.29) is 5.91 Å². The molecule has 1 saturated carbocycles. The van der Waals surface area contributed by atoms with Crippen LogP contribution >= 0.6 is 0 Å². The maximum atomic E-state index is 12.4. The number of nitrogens with zero attached hydrogens (tertiary/aromatic N) is 3. The first-order valence-electron chi connectivity index (χ1n) is 11.6. The van der Waals surface area contributed by atoms with Crippen molar-refractivity contribution in [3.63, 3.8) is 0 Å². The van der Waals surface area contributed by atoms with Crippen LogP contribution in [-0.2, 0) is 11.2 Å². The summed E-state index contributed by atoms with van der Waals surface area (Å²) in [6, 6.07) is 16.1. The standard InChI is InChI=1S/C26H33N5O2/c1-31(2)25-22-9-4-5-10-23(22)29-26(30-25)28-20-13-11-18(12-14-20)17-27-24(32)16-19-7-6-8-21(15-19)33-3/h4-10,15,18,20H,11-14,16-17H2,1-3H3,(H,27,32)(H,28,29,30). The van der Waals surface area contributed by atoms with Crippen molar-refractivity contribution in [2.24, 2.45) is 5.92 Å². The lowest BCUT2D eigenvalue weighted by Crippen LogP contribution is -2.34. The zero-order valence-corrected chi connectivity index (χ0v) is 19.7. The van der Waals surface area contributed by atoms with Gasteiger partial charge in [-0.15, -0.1) is 0 Å². The Morgan fingerprint density at radius 3 is 2.61 bits per heavy atom. The molecule has 1 heterocycles. The van der Waals surface area contributed by atoms with Gasteiger partial charge < -0.3 is 20.3 Å². The number of rotatable bonds is 8. The Hall–Kier alpha value is -3.35. The molecule has 33 heavy (non-hydrogen) atoms. The van der Waals surface area contributed by atoms with Crippen molar-refractivity contribution in [2.75, 3.05) is 38.0 Å². The first-order chi connectivity index (χ1) is 16.0. The third-order valence-electron chi connectivity index (χ3n) is 6.27. The third kappa shape index (κ3) is 5.92. The van der Waals surface area contributed by atoms with Gasteiger partial charge in [-0.3, -0.25) is 4.79 Å². The summed E-state index contributed by atoms with van der Waals surface area (Å²) in [5.41, 5.74) is 1.92. The molecule has 1 aliphatic carbocycles. The van der Waals surface area contributed by atoms with E-state index in [0.717, 1.165) is 60.3 Å². The minimum absolute atomic E-state index is 0.0595. The van der Waals surface area contributed by atoms with E-state index in [1.165, 1.54) is 0 Å². The number of nitrogens with one attached hydrogen (secondary N) is 2. The molecule has 1 aliphatic rings. The van der Waals surface area contributed by atoms with Crippen LogP contribution in [0.1, 0.15) is 31.2 Å². The van der Waals surface area contributed by atoms with Crippen LogP contribution < -0.4 is 20.3 Å². The fraction of sp³-hybridized carbons (Fsp3) is 0.423. The second-order valence-corrected chi connectivity index (χ2v) is 8.98. The van der Waals surface area contributed by atoms with Gasteiger partial charge in [0.15, 0.2) is 0 Å². The summed E-state index contributed by atoms with van der Waals surface area (Å²) in [6.07, 6.45) is 4.62. The summed E-state index contributed by atoms with van der Waals surface area (Å²) in [5.74, 6) is 2.96. The van der Waals surface area contributed by atoms with E-state index in [9.17, 15) is 4.79 Å². The van der Waals surface area contributed by atoms with E-state index < -0.39 is 0 Å². The lowest BCUT2D eigenvalue weighted by molar-refractivity contribution is -0.120. The van der Waals surface area contributed by atoms with Crippen molar-refractivity contribution >= 4 is 28.6 Å². The van der Waals surface area contributed by atoms with E-state index in [4.69, 9.17) is 14.7 Å². The second-order valence-electron chi connectivity index (χ2n) is 8.98. The third-order valence-corrected chi connectivity index (χ3v) is 6.27. The smallest absolute Gasteiger partial charge is 0.225 e. The van der Waals surface area contributed by atoms with Crippen molar-refractivity contribution in [3.8, 4) is 5.75 Å². The number of hydrogen-bond acceptors (Lipinski definition) is 6. The van der Waals surface area contributed by atoms with E-state index >= 15 is 0 Å². The van der Waals surface area contributed by atoms with Crippen LogP contribution in [0, 0.1) is 5.92 Å². The zero-order chi connectivity index (χ0) is 23.2. The molecule has 0 radical (unpaired) electrons. The Bertz CT molecular complexity index is 1090. The Morgan fingerprint density at radius 1 is 1.06 bits per heavy atom. The van der Waals surface area contributed by atoms with Gasteiger partial charge in [0.25, 0.3) is 0 Å². The highest BCUT2D eigenvalue weighted by molar-refractivity contribution is 5.90. The molecule has 0 spiro atoms. The molecule has 1 aromatic heterocycles. The van der Waals surface area contributed by atoms with Crippen molar-refractivity contribution in [2.45, 2.75) is 38.1 Å². The Kier molecular flexibility index (Phi) is 7.27. The zero-order valence-electron chi connectivity index (χ0n) is 19.7. The van der Waals surface area contributed by atoms with Gasteiger partial charge >= 0.3 is 0 Å². The lowest BCUT2D eigenvalue weighted by atomic mass is 9.86. The van der Waals surface area contributed by atoms with Crippen LogP contribution in [0.25, 0.3) is 10.9 Å². The predicted molar refractivity (Wildman–Crippen MR) is 133 cm³/mol. The van der Waals surface area contributed by atoms with Crippen LogP contribution in [0.5, 0.6) is 5.75 Å². The number of methoxy groups -OCH3 is 1. The molecule has 0 atom stereocenters. The molecule has 0 aliphatic heterocycles. The Labute approximate surface area is 195 Å². The summed E-state index contributed by atoms with van der Waals surface area (Å²) in [7, 11) is 5.65. The number of fused-ring (bicyclic) bond motifs is 1. The van der Waals surface area contributed by atoms with Gasteiger partial charge in [0, 0.05) is 32.1 Å². The monoisotopic (exact) mass is 447 g/mol. The minimum atomic E-state index is 0.0595. The van der Waals surface area contributed by atoms with Crippen LogP contribution in [0.3, 0.4) is 0 Å². The summed E-state index contributed by atoms with van der Waals surface area (Å²) >= 11 is 0. The van der Waals surface area contributed by atoms with E-state index in [2.05, 4.69) is 16.7 Å². The summed E-state index contributed by atoms with van der Waals surface area (Å²) in [6.45, 7) is 0.729. The molecule has 0 bridgehead atoms. The highest BCUT2D eigenvalue weighted by atomic mass is 16.5. The predicted octanol–water partition coefficient (Wildman–Crippen LogP) is 4.03. The SMILES string of the molecule is COc1cccc(CC(=O)NCC2CCC(Nc3nc(N(C)C)c4ccccc4n3)CC2)c1. The first-order valence-corrected chi connectivity index (χ1v) is 11.6. The molecule has 1 amide bonds. The molecule has 3 aromatic rings. The minimum Gasteiger partial charge on any atom is -0.497 e. The van der Waals surface area contributed by atoms with Crippen LogP contribution in [0.4, 0.5) is 11.8 Å². The molecule has 2 N–H and O–H groups in total. The molecule has 1 fully saturated rings. The quantitative estimate of drug-likeness (QED) is 0.543. The number of hydrogen-bond donors (Lipinski definition) is 2. The fourth-order valence-electron chi connectivity index (χ4n) is 4.45. The highest BCUT2D eigenvalue weighted by Gasteiger charge is 2.22. The number of aromatic nitrogens is 2. The number of anilines is 2. The van der Waals surface area contributed by atoms with Crippen LogP contribution in [0.2, 0.25) is 0 Å². The largest absolute Gasteiger partial charge is 0.497 e. The number of ether oxygens (including phenoxy) is 1. The van der Waals surface area contributed by atoms with Gasteiger partial charge in [-0.05, 0) is 61.4 Å². The molecule has 7 heteroatoms. The molecular weight excluding hydrogens is 414 g/mol. The molecular formula is C26H33N5O2. The topological polar surface area (TPSA) is 79.4 Å². The van der Waals surface area contributed by atoms with Gasteiger partial charge in [0.2, 0.25) is 11.9 Å². The number of amides is 1. The molecule has 0 saturated heterocycles. The number of para-hydroxylation sites is 1. The number of carbonyl (C=O) groups is 1. The lowest BCUT2D eigenvalue weighted by Gasteiger charge is -2.29. The van der Waals surface area contributed by atoms with Crippen molar-refractivity contribution in [1.82, 2.24) is 15.3 Å². The van der Waals surface area contributed by atoms with Gasteiger partial charge in [-0.2, -0.15) is 4.98 Å². The van der Waals surface area contributed by atoms with Gasteiger partial charge in [-0.25, -0.2) is 4.98 Å². The highest BCUT2D eigenvalue weighted by Crippen LogP contribution is 2.28. The van der Waals surface area contributed by atoms with Gasteiger partial charge in [0.05, 0.1) is 19.0 Å². The van der Waals surface area contributed by atoms with Crippen molar-refractivity contribution in [1.29, 1.82) is 0 Å². The van der Waals surface area contributed by atoms with E-state index in [0.29, 0.717) is 24.3 Å². The maximum Gasteiger partial charge on any atom is 0.225 e. The summed E-state index contributed by atoms with van der Waals surface area (Å²) < 4.78 is 5.23. The van der Waals surface area contributed by atoms with Crippen LogP contribution in [-0.4, -0.2) is 49.7 Å². The molecule has 7 nitrogen and oxygen atoms in total. The van der Waals surface area contributed by atoms with Crippen LogP contribution in [0.15, 0.2) is 48.5 Å². The average molecular weight is 448 g/mol. The average Bonchev–Trinajstić information content (AvgIpc) is 2.83.